The van der Waals surface area contributed by atoms with Gasteiger partial charge < -0.3 is 13.9 Å². The van der Waals surface area contributed by atoms with Crippen LogP contribution in [0.5, 0.6) is 0 Å². The second-order valence-electron chi connectivity index (χ2n) is 7.03. The molecule has 0 aliphatic rings. The number of H-pyrrole nitrogens is 1. The van der Waals surface area contributed by atoms with Gasteiger partial charge in [-0.05, 0) is 37.5 Å². The van der Waals surface area contributed by atoms with Gasteiger partial charge in [0.25, 0.3) is 5.56 Å². The predicted octanol–water partition coefficient (Wildman–Crippen LogP) is 4.03. The highest BCUT2D eigenvalue weighted by molar-refractivity contribution is 5.75. The van der Waals surface area contributed by atoms with Crippen molar-refractivity contribution in [1.82, 2.24) is 15.1 Å². The van der Waals surface area contributed by atoms with Crippen molar-refractivity contribution in [2.45, 2.75) is 32.4 Å². The van der Waals surface area contributed by atoms with E-state index >= 15 is 0 Å². The first-order chi connectivity index (χ1) is 14.7. The summed E-state index contributed by atoms with van der Waals surface area (Å²) in [6.45, 7) is 1.58. The van der Waals surface area contributed by atoms with Crippen LogP contribution in [0.15, 0.2) is 54.9 Å². The van der Waals surface area contributed by atoms with Gasteiger partial charge in [0.2, 0.25) is 5.71 Å². The van der Waals surface area contributed by atoms with Crippen LogP contribution in [-0.2, 0) is 19.0 Å². The zero-order valence-corrected chi connectivity index (χ0v) is 16.2. The quantitative estimate of drug-likeness (QED) is 0.512. The normalized spacial score (nSPS) is 11.9. The zero-order valence-electron chi connectivity index (χ0n) is 16.2. The Morgan fingerprint density at radius 2 is 1.90 bits per heavy atom. The maximum Gasteiger partial charge on any atom is 0.416 e. The van der Waals surface area contributed by atoms with Crippen molar-refractivity contribution in [3.05, 3.63) is 79.9 Å². The highest BCUT2D eigenvalue weighted by atomic mass is 19.4. The number of rotatable bonds is 5. The van der Waals surface area contributed by atoms with Crippen molar-refractivity contribution in [2.75, 3.05) is 0 Å². The van der Waals surface area contributed by atoms with Crippen LogP contribution in [-0.4, -0.2) is 15.1 Å². The van der Waals surface area contributed by atoms with Gasteiger partial charge in [-0.15, -0.1) is 0 Å². The lowest BCUT2D eigenvalue weighted by molar-refractivity contribution is -0.137. The van der Waals surface area contributed by atoms with Crippen LogP contribution < -0.4 is 11.2 Å². The summed E-state index contributed by atoms with van der Waals surface area (Å²) in [5.74, 6) is 0.809. The number of hydrogen-bond acceptors (Lipinski definition) is 6. The van der Waals surface area contributed by atoms with Gasteiger partial charge in [0.15, 0.2) is 0 Å². The Hall–Kier alpha value is -3.69. The fourth-order valence-electron chi connectivity index (χ4n) is 3.33. The average molecular weight is 431 g/mol. The summed E-state index contributed by atoms with van der Waals surface area (Å²) in [4.78, 5) is 30.7. The number of halogens is 3. The molecule has 1 N–H and O–H groups in total. The second-order valence-corrected chi connectivity index (χ2v) is 7.03. The van der Waals surface area contributed by atoms with Crippen molar-refractivity contribution in [3.63, 3.8) is 0 Å². The molecule has 160 valence electrons. The Kier molecular flexibility index (Phi) is 5.22. The van der Waals surface area contributed by atoms with E-state index in [-0.39, 0.29) is 11.1 Å². The molecule has 1 aromatic carbocycles. The molecule has 4 aromatic rings. The topological polar surface area (TPSA) is 102 Å². The van der Waals surface area contributed by atoms with E-state index in [1.54, 1.807) is 13.0 Å². The number of aromatic amines is 1. The molecule has 0 bridgehead atoms. The number of alkyl halides is 3. The molecule has 0 saturated heterocycles. The summed E-state index contributed by atoms with van der Waals surface area (Å²) in [6, 6.07) is 7.66. The summed E-state index contributed by atoms with van der Waals surface area (Å²) in [5.41, 5.74) is -0.696. The number of benzene rings is 1. The number of hydrogen-bond donors (Lipinski definition) is 1. The highest BCUT2D eigenvalue weighted by Crippen LogP contribution is 2.32. The minimum atomic E-state index is -4.45. The zero-order chi connectivity index (χ0) is 22.2. The summed E-state index contributed by atoms with van der Waals surface area (Å²) in [6.07, 6.45) is -3.16. The lowest BCUT2D eigenvalue weighted by Crippen LogP contribution is -2.15. The van der Waals surface area contributed by atoms with Gasteiger partial charge in [-0.25, -0.2) is 4.79 Å². The first-order valence-corrected chi connectivity index (χ1v) is 9.37. The third-order valence-corrected chi connectivity index (χ3v) is 4.73. The molecule has 3 aromatic heterocycles. The molecular formula is C21H16F3N3O4. The van der Waals surface area contributed by atoms with Gasteiger partial charge in [0.05, 0.1) is 5.56 Å². The lowest BCUT2D eigenvalue weighted by Gasteiger charge is -2.06. The Morgan fingerprint density at radius 3 is 2.68 bits per heavy atom. The van der Waals surface area contributed by atoms with Gasteiger partial charge in [0, 0.05) is 24.1 Å². The molecule has 0 aliphatic heterocycles. The lowest BCUT2D eigenvalue weighted by atomic mass is 10.0. The molecule has 0 amide bonds. The molecule has 0 unspecified atom stereocenters. The van der Waals surface area contributed by atoms with Crippen LogP contribution in [0, 0.1) is 6.92 Å². The number of aryl methyl sites for hydroxylation is 3. The monoisotopic (exact) mass is 431 g/mol. The molecule has 0 saturated carbocycles. The van der Waals surface area contributed by atoms with Crippen molar-refractivity contribution < 1.29 is 22.1 Å². The van der Waals surface area contributed by atoms with E-state index in [4.69, 9.17) is 8.94 Å². The van der Waals surface area contributed by atoms with Crippen LogP contribution in [0.3, 0.4) is 0 Å². The van der Waals surface area contributed by atoms with E-state index in [9.17, 15) is 22.8 Å². The number of fused-ring (bicyclic) bond motifs is 1. The molecule has 4 rings (SSSR count). The maximum atomic E-state index is 12.9. The molecular weight excluding hydrogens is 415 g/mol. The van der Waals surface area contributed by atoms with Crippen LogP contribution in [0.2, 0.25) is 0 Å². The van der Waals surface area contributed by atoms with Crippen molar-refractivity contribution in [2.24, 2.45) is 0 Å². The Bertz CT molecular complexity index is 1370. The molecule has 0 spiro atoms. The molecule has 31 heavy (non-hydrogen) atoms. The number of nitrogens with one attached hydrogen (secondary N) is 1. The van der Waals surface area contributed by atoms with Crippen LogP contribution in [0.25, 0.3) is 22.4 Å². The summed E-state index contributed by atoms with van der Waals surface area (Å²) < 4.78 is 49.0. The average Bonchev–Trinajstić information content (AvgIpc) is 3.15. The third kappa shape index (κ3) is 4.42. The van der Waals surface area contributed by atoms with Crippen molar-refractivity contribution in [3.8, 4) is 11.3 Å². The second kappa shape index (κ2) is 7.86. The summed E-state index contributed by atoms with van der Waals surface area (Å²) >= 11 is 0. The SMILES string of the molecule is Cc1nc2oc(=O)cc(CCCc3cc(-c4cccc(C(F)(F)F)c4)no3)c2c(=O)[nH]1. The standard InChI is InChI=1S/C21H16F3N3O4/c1-11-25-19(29)18-13(9-17(28)30-20(18)26-11)5-3-7-15-10-16(27-31-15)12-4-2-6-14(8-12)21(22,23)24/h2,4,6,8-10H,3,5,7H2,1H3,(H,25,26,29). The third-order valence-electron chi connectivity index (χ3n) is 4.73. The molecule has 10 heteroatoms. The number of aromatic nitrogens is 3. The minimum Gasteiger partial charge on any atom is -0.403 e. The molecule has 0 radical (unpaired) electrons. The largest absolute Gasteiger partial charge is 0.416 e. The Morgan fingerprint density at radius 1 is 1.10 bits per heavy atom. The van der Waals surface area contributed by atoms with Gasteiger partial charge in [-0.2, -0.15) is 18.2 Å². The van der Waals surface area contributed by atoms with Crippen LogP contribution in [0.1, 0.15) is 29.1 Å². The fraction of sp³-hybridized carbons (Fsp3) is 0.238. The van der Waals surface area contributed by atoms with Gasteiger partial charge in [-0.1, -0.05) is 17.3 Å². The first-order valence-electron chi connectivity index (χ1n) is 9.37. The molecule has 3 heterocycles. The van der Waals surface area contributed by atoms with Crippen LogP contribution >= 0.6 is 0 Å². The van der Waals surface area contributed by atoms with E-state index in [1.807, 2.05) is 0 Å². The van der Waals surface area contributed by atoms with Crippen molar-refractivity contribution in [1.29, 1.82) is 0 Å². The van der Waals surface area contributed by atoms with E-state index in [0.29, 0.717) is 47.7 Å². The maximum absolute atomic E-state index is 12.9. The van der Waals surface area contributed by atoms with E-state index in [0.717, 1.165) is 12.1 Å². The minimum absolute atomic E-state index is 0.0183. The number of nitrogens with zero attached hydrogens (tertiary/aromatic N) is 2. The van der Waals surface area contributed by atoms with Gasteiger partial charge in [0.1, 0.15) is 22.7 Å². The molecule has 0 aliphatic carbocycles. The fourth-order valence-corrected chi connectivity index (χ4v) is 3.33. The van der Waals surface area contributed by atoms with Gasteiger partial charge >= 0.3 is 11.8 Å². The van der Waals surface area contributed by atoms with Crippen molar-refractivity contribution >= 4 is 11.1 Å². The molecule has 0 fully saturated rings. The molecule has 7 nitrogen and oxygen atoms in total. The van der Waals surface area contributed by atoms with Gasteiger partial charge in [-0.3, -0.25) is 4.79 Å². The summed E-state index contributed by atoms with van der Waals surface area (Å²) in [5, 5.41) is 4.07. The summed E-state index contributed by atoms with van der Waals surface area (Å²) in [7, 11) is 0. The van der Waals surface area contributed by atoms with E-state index < -0.39 is 22.9 Å². The first kappa shape index (κ1) is 20.6. The molecule has 0 atom stereocenters. The Balaban J connectivity index is 1.51. The van der Waals surface area contributed by atoms with Crippen LogP contribution in [0.4, 0.5) is 13.2 Å². The van der Waals surface area contributed by atoms with E-state index in [2.05, 4.69) is 15.1 Å². The smallest absolute Gasteiger partial charge is 0.403 e. The Labute approximate surface area is 172 Å². The highest BCUT2D eigenvalue weighted by Gasteiger charge is 2.30. The van der Waals surface area contributed by atoms with E-state index in [1.165, 1.54) is 18.2 Å². The predicted molar refractivity (Wildman–Crippen MR) is 105 cm³/mol.